The monoisotopic (exact) mass is 377 g/mol. The second-order valence-corrected chi connectivity index (χ2v) is 5.73. The Bertz CT molecular complexity index is 624. The highest BCUT2D eigenvalue weighted by atomic mass is 79.9. The van der Waals surface area contributed by atoms with Crippen LogP contribution in [-0.4, -0.2) is 6.54 Å². The van der Waals surface area contributed by atoms with Crippen molar-refractivity contribution in [2.75, 3.05) is 6.54 Å². The van der Waals surface area contributed by atoms with Crippen molar-refractivity contribution in [3.8, 4) is 5.75 Å². The van der Waals surface area contributed by atoms with Crippen molar-refractivity contribution in [1.82, 2.24) is 0 Å². The minimum absolute atomic E-state index is 0.0197. The standard InChI is InChI=1S/C14H11BrCl2FNO/c15-9-5-11(17)12(18)6-13(9)20-14(7-19)8-3-1-2-4-10(8)16/h1-6,14H,7,19H2. The maximum Gasteiger partial charge on any atom is 0.145 e. The first-order valence-electron chi connectivity index (χ1n) is 5.78. The Kier molecular flexibility index (Phi) is 5.27. The summed E-state index contributed by atoms with van der Waals surface area (Å²) in [5.74, 6) is -0.234. The van der Waals surface area contributed by atoms with Gasteiger partial charge in [-0.15, -0.1) is 0 Å². The molecule has 0 saturated carbocycles. The molecule has 2 nitrogen and oxygen atoms in total. The fraction of sp³-hybridized carbons (Fsp3) is 0.143. The molecule has 0 aromatic heterocycles. The van der Waals surface area contributed by atoms with Gasteiger partial charge < -0.3 is 10.5 Å². The van der Waals surface area contributed by atoms with E-state index >= 15 is 0 Å². The lowest BCUT2D eigenvalue weighted by atomic mass is 10.1. The van der Waals surface area contributed by atoms with Crippen LogP contribution >= 0.6 is 39.1 Å². The van der Waals surface area contributed by atoms with Crippen molar-refractivity contribution in [2.45, 2.75) is 6.10 Å². The van der Waals surface area contributed by atoms with E-state index in [4.69, 9.17) is 33.7 Å². The van der Waals surface area contributed by atoms with E-state index in [0.29, 0.717) is 15.2 Å². The van der Waals surface area contributed by atoms with E-state index < -0.39 is 11.9 Å². The Morgan fingerprint density at radius 3 is 2.55 bits per heavy atom. The van der Waals surface area contributed by atoms with Crippen LogP contribution in [0.4, 0.5) is 4.39 Å². The van der Waals surface area contributed by atoms with E-state index in [-0.39, 0.29) is 11.6 Å². The van der Waals surface area contributed by atoms with Gasteiger partial charge in [0.15, 0.2) is 0 Å². The molecule has 0 spiro atoms. The molecule has 2 rings (SSSR count). The normalized spacial score (nSPS) is 12.2. The lowest BCUT2D eigenvalue weighted by Crippen LogP contribution is -2.19. The third kappa shape index (κ3) is 3.44. The van der Waals surface area contributed by atoms with Gasteiger partial charge >= 0.3 is 0 Å². The van der Waals surface area contributed by atoms with Gasteiger partial charge in [0.25, 0.3) is 0 Å². The van der Waals surface area contributed by atoms with E-state index in [2.05, 4.69) is 15.9 Å². The minimum atomic E-state index is -0.556. The van der Waals surface area contributed by atoms with Crippen LogP contribution in [0, 0.1) is 5.82 Å². The molecule has 0 aliphatic heterocycles. The molecule has 0 amide bonds. The summed E-state index contributed by atoms with van der Waals surface area (Å²) in [6.45, 7) is 0.209. The third-order valence-corrected chi connectivity index (χ3v) is 3.96. The average Bonchev–Trinajstić information content (AvgIpc) is 2.42. The van der Waals surface area contributed by atoms with Crippen molar-refractivity contribution < 1.29 is 9.13 Å². The first-order valence-corrected chi connectivity index (χ1v) is 7.33. The molecule has 106 valence electrons. The first-order chi connectivity index (χ1) is 9.52. The molecule has 0 bridgehead atoms. The molecular weight excluding hydrogens is 368 g/mol. The van der Waals surface area contributed by atoms with E-state index in [1.165, 1.54) is 12.1 Å². The zero-order valence-corrected chi connectivity index (χ0v) is 13.3. The fourth-order valence-electron chi connectivity index (χ4n) is 1.72. The molecule has 20 heavy (non-hydrogen) atoms. The SMILES string of the molecule is NCC(Oc1cc(F)c(Cl)cc1Br)c1ccccc1Cl. The van der Waals surface area contributed by atoms with Crippen molar-refractivity contribution in [3.63, 3.8) is 0 Å². The van der Waals surface area contributed by atoms with E-state index in [1.807, 2.05) is 18.2 Å². The molecule has 0 aliphatic rings. The van der Waals surface area contributed by atoms with Crippen LogP contribution in [0.5, 0.6) is 5.75 Å². The minimum Gasteiger partial charge on any atom is -0.483 e. The van der Waals surface area contributed by atoms with E-state index in [9.17, 15) is 4.39 Å². The largest absolute Gasteiger partial charge is 0.483 e. The Hall–Kier alpha value is -0.810. The smallest absolute Gasteiger partial charge is 0.145 e. The summed E-state index contributed by atoms with van der Waals surface area (Å²) in [6.07, 6.45) is -0.472. The Morgan fingerprint density at radius 1 is 1.20 bits per heavy atom. The molecule has 0 aliphatic carbocycles. The molecule has 2 aromatic rings. The number of nitrogens with two attached hydrogens (primary N) is 1. The van der Waals surface area contributed by atoms with Crippen molar-refractivity contribution in [3.05, 3.63) is 62.3 Å². The summed E-state index contributed by atoms with van der Waals surface area (Å²) in [4.78, 5) is 0. The number of benzene rings is 2. The van der Waals surface area contributed by atoms with Crippen molar-refractivity contribution >= 4 is 39.1 Å². The van der Waals surface area contributed by atoms with E-state index in [1.54, 1.807) is 6.07 Å². The predicted molar refractivity (Wildman–Crippen MR) is 83.0 cm³/mol. The van der Waals surface area contributed by atoms with Crippen LogP contribution < -0.4 is 10.5 Å². The number of halogens is 4. The number of rotatable bonds is 4. The third-order valence-electron chi connectivity index (χ3n) is 2.71. The molecule has 0 heterocycles. The Balaban J connectivity index is 2.32. The average molecular weight is 379 g/mol. The second-order valence-electron chi connectivity index (χ2n) is 4.06. The van der Waals surface area contributed by atoms with Crippen LogP contribution in [-0.2, 0) is 0 Å². The molecule has 1 atom stereocenters. The van der Waals surface area contributed by atoms with Gasteiger partial charge in [0.1, 0.15) is 17.7 Å². The topological polar surface area (TPSA) is 35.2 Å². The van der Waals surface area contributed by atoms with Crippen LogP contribution in [0.25, 0.3) is 0 Å². The fourth-order valence-corrected chi connectivity index (χ4v) is 2.71. The molecular formula is C14H11BrCl2FNO. The Labute approximate surface area is 134 Å². The maximum atomic E-state index is 13.5. The molecule has 1 unspecified atom stereocenters. The van der Waals surface area contributed by atoms with Crippen molar-refractivity contribution in [2.24, 2.45) is 5.73 Å². The summed E-state index contributed by atoms with van der Waals surface area (Å²) < 4.78 is 19.8. The summed E-state index contributed by atoms with van der Waals surface area (Å²) in [6, 6.07) is 9.88. The lowest BCUT2D eigenvalue weighted by Gasteiger charge is -2.20. The zero-order valence-electron chi connectivity index (χ0n) is 10.2. The summed E-state index contributed by atoms with van der Waals surface area (Å²) >= 11 is 15.1. The lowest BCUT2D eigenvalue weighted by molar-refractivity contribution is 0.212. The van der Waals surface area contributed by atoms with Crippen LogP contribution in [0.1, 0.15) is 11.7 Å². The zero-order chi connectivity index (χ0) is 14.7. The van der Waals surface area contributed by atoms with Crippen molar-refractivity contribution in [1.29, 1.82) is 0 Å². The van der Waals surface area contributed by atoms with Gasteiger partial charge in [-0.1, -0.05) is 41.4 Å². The predicted octanol–water partition coefficient (Wildman–Crippen LogP) is 4.97. The van der Waals surface area contributed by atoms with Gasteiger partial charge in [0.05, 0.1) is 9.50 Å². The van der Waals surface area contributed by atoms with Crippen LogP contribution in [0.15, 0.2) is 40.9 Å². The number of ether oxygens (including phenoxy) is 1. The van der Waals surface area contributed by atoms with Gasteiger partial charge in [-0.25, -0.2) is 4.39 Å². The highest BCUT2D eigenvalue weighted by molar-refractivity contribution is 9.10. The molecule has 0 saturated heterocycles. The molecule has 0 radical (unpaired) electrons. The Morgan fingerprint density at radius 2 is 1.90 bits per heavy atom. The molecule has 2 N–H and O–H groups in total. The summed E-state index contributed by atoms with van der Waals surface area (Å²) in [5.41, 5.74) is 6.47. The van der Waals surface area contributed by atoms with Crippen LogP contribution in [0.2, 0.25) is 10.0 Å². The van der Waals surface area contributed by atoms with Gasteiger partial charge in [-0.2, -0.15) is 0 Å². The molecule has 2 aromatic carbocycles. The van der Waals surface area contributed by atoms with E-state index in [0.717, 1.165) is 5.56 Å². The quantitative estimate of drug-likeness (QED) is 0.762. The van der Waals surface area contributed by atoms with Gasteiger partial charge in [0, 0.05) is 23.2 Å². The first kappa shape index (κ1) is 15.6. The second kappa shape index (κ2) is 6.76. The highest BCUT2D eigenvalue weighted by Gasteiger charge is 2.17. The summed E-state index contributed by atoms with van der Waals surface area (Å²) in [5, 5.41) is 0.569. The summed E-state index contributed by atoms with van der Waals surface area (Å²) in [7, 11) is 0. The van der Waals surface area contributed by atoms with Crippen LogP contribution in [0.3, 0.4) is 0 Å². The maximum absolute atomic E-state index is 13.5. The van der Waals surface area contributed by atoms with Gasteiger partial charge in [0.2, 0.25) is 0 Å². The molecule has 0 fully saturated rings. The number of hydrogen-bond acceptors (Lipinski definition) is 2. The van der Waals surface area contributed by atoms with Gasteiger partial charge in [-0.05, 0) is 28.1 Å². The molecule has 6 heteroatoms. The van der Waals surface area contributed by atoms with Gasteiger partial charge in [-0.3, -0.25) is 0 Å². The number of hydrogen-bond donors (Lipinski definition) is 1. The highest BCUT2D eigenvalue weighted by Crippen LogP contribution is 2.34.